The van der Waals surface area contributed by atoms with Crippen LogP contribution < -0.4 is 0 Å². The molecule has 2 fully saturated rings. The first kappa shape index (κ1) is 33.0. The molecular weight excluding hydrogens is 508 g/mol. The molecule has 11 atom stereocenters. The van der Waals surface area contributed by atoms with Crippen LogP contribution in [0.1, 0.15) is 52.4 Å². The molecular formula is C25H44O13. The van der Waals surface area contributed by atoms with Crippen LogP contribution in [0.15, 0.2) is 12.2 Å². The number of unbranched alkanes of at least 4 members (excludes halogenated alkanes) is 4. The normalized spacial score (nSPS) is 36.9. The van der Waals surface area contributed by atoms with Crippen LogP contribution >= 0.6 is 0 Å². The fraction of sp³-hybridized carbons (Fsp3) is 0.880. The van der Waals surface area contributed by atoms with Crippen LogP contribution in [0.25, 0.3) is 0 Å². The molecule has 38 heavy (non-hydrogen) atoms. The van der Waals surface area contributed by atoms with Gasteiger partial charge in [0.25, 0.3) is 0 Å². The Morgan fingerprint density at radius 3 is 2.08 bits per heavy atom. The fourth-order valence-corrected chi connectivity index (χ4v) is 4.36. The average molecular weight is 553 g/mol. The second-order valence-electron chi connectivity index (χ2n) is 9.60. The van der Waals surface area contributed by atoms with E-state index in [1.54, 1.807) is 19.9 Å². The number of aliphatic hydroxyl groups is 7. The predicted molar refractivity (Wildman–Crippen MR) is 130 cm³/mol. The lowest BCUT2D eigenvalue weighted by Crippen LogP contribution is -2.64. The van der Waals surface area contributed by atoms with E-state index < -0.39 is 74.6 Å². The van der Waals surface area contributed by atoms with E-state index in [0.29, 0.717) is 13.0 Å². The summed E-state index contributed by atoms with van der Waals surface area (Å²) < 4.78 is 27.4. The zero-order chi connectivity index (χ0) is 28.2. The molecule has 2 heterocycles. The highest BCUT2D eigenvalue weighted by Gasteiger charge is 2.51. The molecule has 0 radical (unpaired) electrons. The number of rotatable bonds is 15. The quantitative estimate of drug-likeness (QED) is 0.0701. The molecule has 13 heteroatoms. The molecule has 0 aromatic carbocycles. The summed E-state index contributed by atoms with van der Waals surface area (Å²) in [5.41, 5.74) is 0. The van der Waals surface area contributed by atoms with Gasteiger partial charge in [-0.25, -0.2) is 4.79 Å². The number of esters is 1. The molecule has 222 valence electrons. The zero-order valence-electron chi connectivity index (χ0n) is 21.9. The number of ether oxygens (including phenoxy) is 5. The van der Waals surface area contributed by atoms with Gasteiger partial charge in [0.05, 0.1) is 25.9 Å². The Labute approximate surface area is 222 Å². The molecule has 0 saturated carbocycles. The molecule has 0 bridgehead atoms. The molecule has 11 unspecified atom stereocenters. The van der Waals surface area contributed by atoms with Crippen molar-refractivity contribution in [1.29, 1.82) is 0 Å². The van der Waals surface area contributed by atoms with Crippen LogP contribution in [-0.4, -0.2) is 129 Å². The van der Waals surface area contributed by atoms with E-state index in [2.05, 4.69) is 0 Å². The van der Waals surface area contributed by atoms with Crippen LogP contribution in [0, 0.1) is 0 Å². The van der Waals surface area contributed by atoms with E-state index in [-0.39, 0.29) is 12.1 Å². The van der Waals surface area contributed by atoms with Crippen molar-refractivity contribution in [2.24, 2.45) is 0 Å². The Morgan fingerprint density at radius 2 is 1.45 bits per heavy atom. The summed E-state index contributed by atoms with van der Waals surface area (Å²) in [6, 6.07) is 0. The van der Waals surface area contributed by atoms with E-state index in [0.717, 1.165) is 32.1 Å². The van der Waals surface area contributed by atoms with Gasteiger partial charge in [-0.15, -0.1) is 0 Å². The SMILES string of the molecule is CCOC(=O)C=CCCCCCCC(C)OC1OC(CO)C(O)C(O)C1OC1OC(CO)C(O)C(O)C1O. The van der Waals surface area contributed by atoms with Gasteiger partial charge in [-0.05, 0) is 33.1 Å². The monoisotopic (exact) mass is 552 g/mol. The molecule has 2 rings (SSSR count). The van der Waals surface area contributed by atoms with Crippen molar-refractivity contribution in [3.05, 3.63) is 12.2 Å². The molecule has 2 aliphatic heterocycles. The second kappa shape index (κ2) is 16.8. The summed E-state index contributed by atoms with van der Waals surface area (Å²) in [6.07, 6.45) is -6.92. The van der Waals surface area contributed by atoms with E-state index >= 15 is 0 Å². The number of hydrogen-bond donors (Lipinski definition) is 7. The van der Waals surface area contributed by atoms with Gasteiger partial charge in [-0.1, -0.05) is 25.3 Å². The molecule has 0 aliphatic carbocycles. The fourth-order valence-electron chi connectivity index (χ4n) is 4.36. The van der Waals surface area contributed by atoms with Crippen molar-refractivity contribution in [3.8, 4) is 0 Å². The maximum atomic E-state index is 11.3. The summed E-state index contributed by atoms with van der Waals surface area (Å²) in [7, 11) is 0. The van der Waals surface area contributed by atoms with E-state index in [1.165, 1.54) is 6.08 Å². The van der Waals surface area contributed by atoms with Crippen LogP contribution in [0.4, 0.5) is 0 Å². The summed E-state index contributed by atoms with van der Waals surface area (Å²) in [5.74, 6) is -0.349. The van der Waals surface area contributed by atoms with Crippen LogP contribution in [0.3, 0.4) is 0 Å². The molecule has 0 aromatic heterocycles. The van der Waals surface area contributed by atoms with Gasteiger partial charge in [-0.2, -0.15) is 0 Å². The number of carbonyl (C=O) groups excluding carboxylic acids is 1. The van der Waals surface area contributed by atoms with Crippen molar-refractivity contribution >= 4 is 5.97 Å². The number of allylic oxidation sites excluding steroid dienone is 1. The molecule has 0 spiro atoms. The van der Waals surface area contributed by atoms with Crippen molar-refractivity contribution in [1.82, 2.24) is 0 Å². The lowest BCUT2D eigenvalue weighted by atomic mass is 9.97. The van der Waals surface area contributed by atoms with Crippen LogP contribution in [-0.2, 0) is 28.5 Å². The maximum Gasteiger partial charge on any atom is 0.330 e. The summed E-state index contributed by atoms with van der Waals surface area (Å²) in [4.78, 5) is 11.3. The largest absolute Gasteiger partial charge is 0.463 e. The third kappa shape index (κ3) is 9.45. The first-order chi connectivity index (χ1) is 18.1. The molecule has 0 aromatic rings. The van der Waals surface area contributed by atoms with E-state index in [9.17, 15) is 40.5 Å². The van der Waals surface area contributed by atoms with Crippen molar-refractivity contribution in [2.45, 2.75) is 120 Å². The summed E-state index contributed by atoms with van der Waals surface area (Å²) in [5, 5.41) is 70.3. The van der Waals surface area contributed by atoms with Crippen LogP contribution in [0.2, 0.25) is 0 Å². The van der Waals surface area contributed by atoms with E-state index in [4.69, 9.17) is 23.7 Å². The second-order valence-corrected chi connectivity index (χ2v) is 9.60. The Balaban J connectivity index is 1.89. The lowest BCUT2D eigenvalue weighted by Gasteiger charge is -2.46. The van der Waals surface area contributed by atoms with Gasteiger partial charge in [0, 0.05) is 6.08 Å². The topological polar surface area (TPSA) is 205 Å². The summed E-state index contributed by atoms with van der Waals surface area (Å²) in [6.45, 7) is 2.63. The minimum absolute atomic E-state index is 0.343. The third-order valence-corrected chi connectivity index (χ3v) is 6.60. The third-order valence-electron chi connectivity index (χ3n) is 6.60. The predicted octanol–water partition coefficient (Wildman–Crippen LogP) is -1.52. The Morgan fingerprint density at radius 1 is 0.842 bits per heavy atom. The maximum absolute atomic E-state index is 11.3. The lowest BCUT2D eigenvalue weighted by molar-refractivity contribution is -0.371. The first-order valence-corrected chi connectivity index (χ1v) is 13.2. The van der Waals surface area contributed by atoms with Gasteiger partial charge in [0.15, 0.2) is 12.6 Å². The minimum atomic E-state index is -1.72. The van der Waals surface area contributed by atoms with Crippen molar-refractivity contribution < 1.29 is 64.2 Å². The van der Waals surface area contributed by atoms with Crippen molar-refractivity contribution in [2.75, 3.05) is 19.8 Å². The van der Waals surface area contributed by atoms with Gasteiger partial charge >= 0.3 is 5.97 Å². The Kier molecular flexibility index (Phi) is 14.6. The van der Waals surface area contributed by atoms with E-state index in [1.807, 2.05) is 0 Å². The van der Waals surface area contributed by atoms with Gasteiger partial charge in [0.2, 0.25) is 0 Å². The highest BCUT2D eigenvalue weighted by molar-refractivity contribution is 5.81. The first-order valence-electron chi connectivity index (χ1n) is 13.2. The highest BCUT2D eigenvalue weighted by atomic mass is 16.8. The standard InChI is InChI=1S/C25H44O13/c1-3-34-17(28)11-9-7-5-4-6-8-10-14(2)35-25-23(21(32)19(30)16(13-27)37-25)38-24-22(33)20(31)18(29)15(12-26)36-24/h9,11,14-16,18-27,29-33H,3-8,10,12-13H2,1-2H3. The van der Waals surface area contributed by atoms with Crippen molar-refractivity contribution in [3.63, 3.8) is 0 Å². The van der Waals surface area contributed by atoms with Crippen LogP contribution in [0.5, 0.6) is 0 Å². The average Bonchev–Trinajstić information content (AvgIpc) is 2.89. The van der Waals surface area contributed by atoms with Gasteiger partial charge in [-0.3, -0.25) is 0 Å². The number of hydrogen-bond acceptors (Lipinski definition) is 13. The molecule has 7 N–H and O–H groups in total. The van der Waals surface area contributed by atoms with Gasteiger partial charge in [0.1, 0.15) is 48.8 Å². The van der Waals surface area contributed by atoms with Gasteiger partial charge < -0.3 is 59.4 Å². The number of aliphatic hydroxyl groups excluding tert-OH is 7. The Hall–Kier alpha value is -1.23. The molecule has 0 amide bonds. The molecule has 13 nitrogen and oxygen atoms in total. The highest BCUT2D eigenvalue weighted by Crippen LogP contribution is 2.30. The minimum Gasteiger partial charge on any atom is -0.463 e. The Bertz CT molecular complexity index is 705. The smallest absolute Gasteiger partial charge is 0.330 e. The molecule has 2 saturated heterocycles. The zero-order valence-corrected chi connectivity index (χ0v) is 21.9. The molecule has 2 aliphatic rings. The summed E-state index contributed by atoms with van der Waals surface area (Å²) >= 11 is 0. The number of carbonyl (C=O) groups is 1.